The fourth-order valence-corrected chi connectivity index (χ4v) is 3.69. The highest BCUT2D eigenvalue weighted by Gasteiger charge is 2.15. The molecule has 0 aliphatic heterocycles. The molecule has 0 heterocycles. The first-order chi connectivity index (χ1) is 16.3. The largest absolute Gasteiger partial charge is 0.493 e. The zero-order chi connectivity index (χ0) is 24.7. The summed E-state index contributed by atoms with van der Waals surface area (Å²) >= 11 is 18.3. The van der Waals surface area contributed by atoms with Crippen LogP contribution >= 0.6 is 34.8 Å². The van der Waals surface area contributed by atoms with Gasteiger partial charge in [-0.25, -0.2) is 5.43 Å². The minimum atomic E-state index is -0.751. The summed E-state index contributed by atoms with van der Waals surface area (Å²) in [5.41, 5.74) is 4.69. The highest BCUT2D eigenvalue weighted by atomic mass is 35.5. The minimum Gasteiger partial charge on any atom is -0.493 e. The number of carbonyl (C=O) groups excluding carboxylic acids is 1. The molecule has 3 aromatic rings. The first kappa shape index (κ1) is 25.7. The van der Waals surface area contributed by atoms with Crippen molar-refractivity contribution in [2.45, 2.75) is 26.6 Å². The first-order valence-corrected chi connectivity index (χ1v) is 11.4. The summed E-state index contributed by atoms with van der Waals surface area (Å²) in [5.74, 6) is 1.19. The quantitative estimate of drug-likeness (QED) is 0.259. The molecular formula is C25H23Cl3N2O4. The summed E-state index contributed by atoms with van der Waals surface area (Å²) < 4.78 is 17.0. The Morgan fingerprint density at radius 3 is 2.41 bits per heavy atom. The second-order valence-electron chi connectivity index (χ2n) is 7.30. The molecule has 0 saturated heterocycles. The third-order valence-electron chi connectivity index (χ3n) is 4.82. The molecule has 1 atom stereocenters. The number of rotatable bonds is 9. The fraction of sp³-hybridized carbons (Fsp3) is 0.200. The fourth-order valence-electron chi connectivity index (χ4n) is 2.95. The van der Waals surface area contributed by atoms with Gasteiger partial charge in [-0.05, 0) is 73.5 Å². The number of halogens is 3. The van der Waals surface area contributed by atoms with Crippen LogP contribution in [0, 0.1) is 6.92 Å². The van der Waals surface area contributed by atoms with Crippen molar-refractivity contribution in [1.29, 1.82) is 0 Å². The number of ether oxygens (including phenoxy) is 3. The molecule has 0 aliphatic carbocycles. The van der Waals surface area contributed by atoms with Crippen LogP contribution in [-0.2, 0) is 11.4 Å². The average molecular weight is 522 g/mol. The van der Waals surface area contributed by atoms with E-state index in [1.807, 2.05) is 6.92 Å². The predicted molar refractivity (Wildman–Crippen MR) is 136 cm³/mol. The Labute approximate surface area is 213 Å². The van der Waals surface area contributed by atoms with Gasteiger partial charge in [0.25, 0.3) is 5.91 Å². The van der Waals surface area contributed by atoms with Crippen LogP contribution in [0.15, 0.2) is 59.7 Å². The molecule has 9 heteroatoms. The molecule has 0 aliphatic rings. The van der Waals surface area contributed by atoms with E-state index in [0.29, 0.717) is 43.4 Å². The van der Waals surface area contributed by atoms with E-state index >= 15 is 0 Å². The van der Waals surface area contributed by atoms with E-state index in [9.17, 15) is 4.79 Å². The maximum Gasteiger partial charge on any atom is 0.280 e. The van der Waals surface area contributed by atoms with Gasteiger partial charge in [0.15, 0.2) is 17.6 Å². The Bertz CT molecular complexity index is 1180. The van der Waals surface area contributed by atoms with Crippen molar-refractivity contribution in [2.24, 2.45) is 5.10 Å². The van der Waals surface area contributed by atoms with Crippen LogP contribution in [0.4, 0.5) is 0 Å². The highest BCUT2D eigenvalue weighted by molar-refractivity contribution is 6.36. The number of nitrogens with zero attached hydrogens (tertiary/aromatic N) is 1. The van der Waals surface area contributed by atoms with Crippen LogP contribution in [0.25, 0.3) is 0 Å². The molecule has 178 valence electrons. The normalized spacial score (nSPS) is 11.8. The van der Waals surface area contributed by atoms with Gasteiger partial charge in [0.2, 0.25) is 0 Å². The molecular weight excluding hydrogens is 499 g/mol. The lowest BCUT2D eigenvalue weighted by atomic mass is 10.2. The van der Waals surface area contributed by atoms with Crippen molar-refractivity contribution in [2.75, 3.05) is 7.11 Å². The lowest BCUT2D eigenvalue weighted by Gasteiger charge is -2.15. The van der Waals surface area contributed by atoms with Gasteiger partial charge in [-0.3, -0.25) is 4.79 Å². The van der Waals surface area contributed by atoms with Crippen molar-refractivity contribution in [1.82, 2.24) is 5.43 Å². The van der Waals surface area contributed by atoms with Crippen LogP contribution in [0.1, 0.15) is 23.6 Å². The second kappa shape index (κ2) is 12.0. The zero-order valence-corrected chi connectivity index (χ0v) is 21.0. The summed E-state index contributed by atoms with van der Waals surface area (Å²) in [6.07, 6.45) is 0.744. The Morgan fingerprint density at radius 1 is 1.03 bits per heavy atom. The second-order valence-corrected chi connectivity index (χ2v) is 8.55. The number of hydrogen-bond donors (Lipinski definition) is 1. The van der Waals surface area contributed by atoms with Crippen molar-refractivity contribution in [3.05, 3.63) is 86.4 Å². The Kier molecular flexibility index (Phi) is 9.05. The van der Waals surface area contributed by atoms with Crippen LogP contribution < -0.4 is 19.6 Å². The minimum absolute atomic E-state index is 0.184. The van der Waals surface area contributed by atoms with E-state index in [2.05, 4.69) is 10.5 Å². The zero-order valence-electron chi connectivity index (χ0n) is 18.8. The van der Waals surface area contributed by atoms with Gasteiger partial charge >= 0.3 is 0 Å². The topological polar surface area (TPSA) is 69.2 Å². The number of hydrazone groups is 1. The molecule has 0 aromatic heterocycles. The number of aryl methyl sites for hydroxylation is 1. The van der Waals surface area contributed by atoms with Gasteiger partial charge in [0.1, 0.15) is 12.4 Å². The smallest absolute Gasteiger partial charge is 0.280 e. The number of methoxy groups -OCH3 is 1. The van der Waals surface area contributed by atoms with Crippen LogP contribution in [0.3, 0.4) is 0 Å². The van der Waals surface area contributed by atoms with Crippen molar-refractivity contribution in [3.8, 4) is 17.2 Å². The van der Waals surface area contributed by atoms with Gasteiger partial charge in [-0.1, -0.05) is 40.9 Å². The Hall–Kier alpha value is -2.93. The van der Waals surface area contributed by atoms with E-state index in [0.717, 1.165) is 5.56 Å². The molecule has 0 saturated carbocycles. The van der Waals surface area contributed by atoms with E-state index in [1.54, 1.807) is 61.5 Å². The van der Waals surface area contributed by atoms with E-state index in [4.69, 9.17) is 49.0 Å². The summed E-state index contributed by atoms with van der Waals surface area (Å²) in [6, 6.07) is 15.7. The maximum absolute atomic E-state index is 12.3. The lowest BCUT2D eigenvalue weighted by Crippen LogP contribution is -2.33. The molecule has 3 aromatic carbocycles. The van der Waals surface area contributed by atoms with Gasteiger partial charge in [0.05, 0.1) is 13.3 Å². The lowest BCUT2D eigenvalue weighted by molar-refractivity contribution is -0.127. The predicted octanol–water partition coefficient (Wildman–Crippen LogP) is 6.46. The number of amides is 1. The van der Waals surface area contributed by atoms with Gasteiger partial charge < -0.3 is 14.2 Å². The number of carbonyl (C=O) groups is 1. The van der Waals surface area contributed by atoms with Crippen molar-refractivity contribution in [3.63, 3.8) is 0 Å². The number of hydrogen-bond acceptors (Lipinski definition) is 5. The highest BCUT2D eigenvalue weighted by Crippen LogP contribution is 2.31. The monoisotopic (exact) mass is 520 g/mol. The van der Waals surface area contributed by atoms with E-state index in [-0.39, 0.29) is 6.61 Å². The SMILES string of the molecule is COc1cc(/C=N/NC(=O)[C@H](C)Oc2ccc(Cl)cc2C)ccc1OCc1c(Cl)cccc1Cl. The Morgan fingerprint density at radius 2 is 1.74 bits per heavy atom. The van der Waals surface area contributed by atoms with E-state index < -0.39 is 12.0 Å². The molecule has 0 radical (unpaired) electrons. The van der Waals surface area contributed by atoms with Gasteiger partial charge in [-0.15, -0.1) is 0 Å². The molecule has 1 N–H and O–H groups in total. The van der Waals surface area contributed by atoms with Gasteiger partial charge in [0, 0.05) is 20.6 Å². The third-order valence-corrected chi connectivity index (χ3v) is 5.76. The van der Waals surface area contributed by atoms with Crippen LogP contribution in [-0.4, -0.2) is 25.3 Å². The maximum atomic E-state index is 12.3. The van der Waals surface area contributed by atoms with Crippen molar-refractivity contribution < 1.29 is 19.0 Å². The molecule has 0 unspecified atom stereocenters. The van der Waals surface area contributed by atoms with Gasteiger partial charge in [-0.2, -0.15) is 5.10 Å². The molecule has 0 spiro atoms. The number of nitrogens with one attached hydrogen (secondary N) is 1. The molecule has 0 fully saturated rings. The number of benzene rings is 3. The molecule has 3 rings (SSSR count). The average Bonchev–Trinajstić information content (AvgIpc) is 2.81. The van der Waals surface area contributed by atoms with Crippen molar-refractivity contribution >= 4 is 46.9 Å². The Balaban J connectivity index is 1.59. The summed E-state index contributed by atoms with van der Waals surface area (Å²) in [5, 5.41) is 5.66. The molecule has 6 nitrogen and oxygen atoms in total. The molecule has 34 heavy (non-hydrogen) atoms. The first-order valence-electron chi connectivity index (χ1n) is 10.3. The summed E-state index contributed by atoms with van der Waals surface area (Å²) in [6.45, 7) is 3.68. The standard InChI is InChI=1S/C25H23Cl3N2O4/c1-15-11-18(26)8-10-22(15)34-16(2)25(31)30-29-13-17-7-9-23(24(12-17)32-3)33-14-19-20(27)5-4-6-21(19)28/h4-13,16H,14H2,1-3H3,(H,30,31)/b29-13+/t16-/m0/s1. The van der Waals surface area contributed by atoms with E-state index in [1.165, 1.54) is 13.3 Å². The van der Waals surface area contributed by atoms with Crippen LogP contribution in [0.5, 0.6) is 17.2 Å². The molecule has 0 bridgehead atoms. The third kappa shape index (κ3) is 6.79. The summed E-state index contributed by atoms with van der Waals surface area (Å²) in [4.78, 5) is 12.3. The molecule has 1 amide bonds. The van der Waals surface area contributed by atoms with Crippen LogP contribution in [0.2, 0.25) is 15.1 Å². The summed E-state index contributed by atoms with van der Waals surface area (Å²) in [7, 11) is 1.53.